The number of thioether (sulfide) groups is 1. The normalized spacial score (nSPS) is 10.7. The zero-order valence-electron chi connectivity index (χ0n) is 20.4. The first-order chi connectivity index (χ1) is 17.0. The molecular formula is C27H29N5O2S. The quantitative estimate of drug-likeness (QED) is 0.325. The minimum absolute atomic E-state index is 0.00498. The zero-order valence-corrected chi connectivity index (χ0v) is 21.2. The molecule has 0 bridgehead atoms. The fourth-order valence-corrected chi connectivity index (χ4v) is 4.51. The van der Waals surface area contributed by atoms with Crippen molar-refractivity contribution in [1.82, 2.24) is 14.8 Å². The summed E-state index contributed by atoms with van der Waals surface area (Å²) in [6, 6.07) is 23.5. The summed E-state index contributed by atoms with van der Waals surface area (Å²) in [5.41, 5.74) is 5.15. The molecule has 0 aliphatic carbocycles. The second-order valence-corrected chi connectivity index (χ2v) is 9.05. The van der Waals surface area contributed by atoms with E-state index in [-0.39, 0.29) is 11.7 Å². The van der Waals surface area contributed by atoms with E-state index in [4.69, 9.17) is 4.74 Å². The third-order valence-electron chi connectivity index (χ3n) is 5.90. The van der Waals surface area contributed by atoms with Crippen molar-refractivity contribution in [1.29, 1.82) is 0 Å². The van der Waals surface area contributed by atoms with E-state index in [2.05, 4.69) is 41.5 Å². The van der Waals surface area contributed by atoms with Crippen molar-refractivity contribution in [2.45, 2.75) is 25.5 Å². The average Bonchev–Trinajstić information content (AvgIpc) is 3.30. The molecule has 1 N–H and O–H groups in total. The number of nitrogens with zero attached hydrogens (tertiary/aromatic N) is 4. The van der Waals surface area contributed by atoms with E-state index >= 15 is 0 Å². The fourth-order valence-electron chi connectivity index (χ4n) is 3.64. The van der Waals surface area contributed by atoms with Gasteiger partial charge in [0.25, 0.3) is 0 Å². The van der Waals surface area contributed by atoms with Gasteiger partial charge in [0.1, 0.15) is 5.75 Å². The summed E-state index contributed by atoms with van der Waals surface area (Å²) >= 11 is 1.39. The van der Waals surface area contributed by atoms with E-state index in [1.165, 1.54) is 17.3 Å². The molecule has 7 nitrogen and oxygen atoms in total. The largest absolute Gasteiger partial charge is 0.497 e. The number of anilines is 2. The molecular weight excluding hydrogens is 458 g/mol. The number of hydrogen-bond acceptors (Lipinski definition) is 6. The van der Waals surface area contributed by atoms with Gasteiger partial charge in [-0.15, -0.1) is 10.2 Å². The number of aromatic nitrogens is 3. The molecule has 0 atom stereocenters. The average molecular weight is 488 g/mol. The van der Waals surface area contributed by atoms with Crippen molar-refractivity contribution in [3.8, 4) is 11.4 Å². The fraction of sp³-hybridized carbons (Fsp3) is 0.222. The Morgan fingerprint density at radius 2 is 1.74 bits per heavy atom. The van der Waals surface area contributed by atoms with Gasteiger partial charge >= 0.3 is 0 Å². The van der Waals surface area contributed by atoms with E-state index in [0.717, 1.165) is 34.2 Å². The molecule has 0 fully saturated rings. The first-order valence-corrected chi connectivity index (χ1v) is 12.3. The second kappa shape index (κ2) is 11.1. The third-order valence-corrected chi connectivity index (χ3v) is 6.81. The van der Waals surface area contributed by atoms with Crippen molar-refractivity contribution in [2.75, 3.05) is 30.1 Å². The number of hydrogen-bond donors (Lipinski definition) is 1. The molecule has 1 amide bonds. The van der Waals surface area contributed by atoms with Gasteiger partial charge in [0, 0.05) is 18.4 Å². The van der Waals surface area contributed by atoms with Crippen LogP contribution in [-0.4, -0.2) is 40.6 Å². The van der Waals surface area contributed by atoms with Gasteiger partial charge in [-0.2, -0.15) is 0 Å². The molecule has 0 aliphatic rings. The maximum absolute atomic E-state index is 12.9. The van der Waals surface area contributed by atoms with Gasteiger partial charge in [-0.05, 0) is 67.4 Å². The molecule has 1 heterocycles. The predicted molar refractivity (Wildman–Crippen MR) is 142 cm³/mol. The molecule has 0 unspecified atom stereocenters. The van der Waals surface area contributed by atoms with Gasteiger partial charge < -0.3 is 15.0 Å². The molecule has 4 aromatic rings. The number of ether oxygens (including phenoxy) is 1. The van der Waals surface area contributed by atoms with Gasteiger partial charge in [0.05, 0.1) is 25.1 Å². The van der Waals surface area contributed by atoms with Crippen LogP contribution in [0.1, 0.15) is 17.0 Å². The van der Waals surface area contributed by atoms with Crippen molar-refractivity contribution in [3.63, 3.8) is 0 Å². The minimum atomic E-state index is -0.00498. The summed E-state index contributed by atoms with van der Waals surface area (Å²) in [5.74, 6) is 1.81. The summed E-state index contributed by atoms with van der Waals surface area (Å²) in [6.07, 6.45) is 0. The summed E-state index contributed by atoms with van der Waals surface area (Å²) < 4.78 is 7.28. The van der Waals surface area contributed by atoms with Gasteiger partial charge in [0.2, 0.25) is 5.91 Å². The van der Waals surface area contributed by atoms with Gasteiger partial charge in [-0.25, -0.2) is 0 Å². The second-order valence-electron chi connectivity index (χ2n) is 8.11. The Bertz CT molecular complexity index is 1290. The SMILES string of the molecule is COc1ccc(NCc2nnc(SCC(=O)N(C)c3ccccc3)n2-c2cccc(C)c2C)cc1. The zero-order chi connectivity index (χ0) is 24.8. The lowest BCUT2D eigenvalue weighted by atomic mass is 10.1. The Kier molecular flexibility index (Phi) is 7.72. The van der Waals surface area contributed by atoms with Crippen LogP contribution in [0.15, 0.2) is 78.0 Å². The van der Waals surface area contributed by atoms with Crippen LogP contribution in [0.3, 0.4) is 0 Å². The van der Waals surface area contributed by atoms with Crippen LogP contribution in [-0.2, 0) is 11.3 Å². The Morgan fingerprint density at radius 1 is 1.00 bits per heavy atom. The number of rotatable bonds is 9. The third kappa shape index (κ3) is 5.66. The van der Waals surface area contributed by atoms with E-state index in [0.29, 0.717) is 11.7 Å². The topological polar surface area (TPSA) is 72.3 Å². The highest BCUT2D eigenvalue weighted by Gasteiger charge is 2.19. The van der Waals surface area contributed by atoms with Crippen LogP contribution >= 0.6 is 11.8 Å². The monoisotopic (exact) mass is 487 g/mol. The molecule has 3 aromatic carbocycles. The predicted octanol–water partition coefficient (Wildman–Crippen LogP) is 5.26. The molecule has 180 valence electrons. The van der Waals surface area contributed by atoms with Crippen molar-refractivity contribution in [2.24, 2.45) is 0 Å². The van der Waals surface area contributed by atoms with Gasteiger partial charge in [0.15, 0.2) is 11.0 Å². The minimum Gasteiger partial charge on any atom is -0.497 e. The molecule has 0 radical (unpaired) electrons. The summed E-state index contributed by atoms with van der Waals surface area (Å²) in [7, 11) is 3.44. The standard InChI is InChI=1S/C27H29N5O2S/c1-19-9-8-12-24(20(19)2)32-25(17-28-21-13-15-23(34-4)16-14-21)29-30-27(32)35-18-26(33)31(3)22-10-6-5-7-11-22/h5-16,28H,17-18H2,1-4H3. The number of nitrogens with one attached hydrogen (secondary N) is 1. The molecule has 0 aliphatic heterocycles. The van der Waals surface area contributed by atoms with Crippen molar-refractivity contribution >= 4 is 29.0 Å². The number of para-hydroxylation sites is 1. The first-order valence-electron chi connectivity index (χ1n) is 11.3. The number of methoxy groups -OCH3 is 1. The summed E-state index contributed by atoms with van der Waals surface area (Å²) in [4.78, 5) is 14.5. The molecule has 4 rings (SSSR count). The van der Waals surface area contributed by atoms with Crippen LogP contribution in [0.2, 0.25) is 0 Å². The molecule has 1 aromatic heterocycles. The Hall–Kier alpha value is -3.78. The van der Waals surface area contributed by atoms with Crippen LogP contribution < -0.4 is 15.0 Å². The number of amides is 1. The Labute approximate surface area is 210 Å². The van der Waals surface area contributed by atoms with Gasteiger partial charge in [-0.3, -0.25) is 9.36 Å². The Morgan fingerprint density at radius 3 is 2.46 bits per heavy atom. The highest BCUT2D eigenvalue weighted by molar-refractivity contribution is 7.99. The molecule has 8 heteroatoms. The maximum atomic E-state index is 12.9. The molecule has 0 spiro atoms. The van der Waals surface area contributed by atoms with E-state index in [1.54, 1.807) is 19.1 Å². The van der Waals surface area contributed by atoms with E-state index in [9.17, 15) is 4.79 Å². The van der Waals surface area contributed by atoms with Gasteiger partial charge in [-0.1, -0.05) is 42.1 Å². The molecule has 0 saturated heterocycles. The first kappa shape index (κ1) is 24.3. The summed E-state index contributed by atoms with van der Waals surface area (Å²) in [5, 5.41) is 13.0. The highest BCUT2D eigenvalue weighted by Crippen LogP contribution is 2.27. The Balaban J connectivity index is 1.57. The van der Waals surface area contributed by atoms with E-state index in [1.807, 2.05) is 65.2 Å². The lowest BCUT2D eigenvalue weighted by Gasteiger charge is -2.18. The number of carbonyl (C=O) groups excluding carboxylic acids is 1. The smallest absolute Gasteiger partial charge is 0.237 e. The number of benzene rings is 3. The number of carbonyl (C=O) groups is 1. The number of aryl methyl sites for hydroxylation is 1. The van der Waals surface area contributed by atoms with Crippen molar-refractivity contribution < 1.29 is 9.53 Å². The van der Waals surface area contributed by atoms with Crippen LogP contribution in [0.4, 0.5) is 11.4 Å². The van der Waals surface area contributed by atoms with E-state index < -0.39 is 0 Å². The maximum Gasteiger partial charge on any atom is 0.237 e. The van der Waals surface area contributed by atoms with Crippen LogP contribution in [0.25, 0.3) is 5.69 Å². The summed E-state index contributed by atoms with van der Waals surface area (Å²) in [6.45, 7) is 4.66. The lowest BCUT2D eigenvalue weighted by Crippen LogP contribution is -2.28. The van der Waals surface area contributed by atoms with Crippen molar-refractivity contribution in [3.05, 3.63) is 89.7 Å². The lowest BCUT2D eigenvalue weighted by molar-refractivity contribution is -0.115. The van der Waals surface area contributed by atoms with Crippen LogP contribution in [0.5, 0.6) is 5.75 Å². The molecule has 35 heavy (non-hydrogen) atoms. The van der Waals surface area contributed by atoms with Crippen LogP contribution in [0, 0.1) is 13.8 Å². The highest BCUT2D eigenvalue weighted by atomic mass is 32.2. The molecule has 0 saturated carbocycles.